The summed E-state index contributed by atoms with van der Waals surface area (Å²) in [4.78, 5) is 25.8. The lowest BCUT2D eigenvalue weighted by molar-refractivity contribution is 0.0151. The highest BCUT2D eigenvalue weighted by Gasteiger charge is 2.29. The second-order valence-corrected chi connectivity index (χ2v) is 8.90. The van der Waals surface area contributed by atoms with Crippen LogP contribution in [0, 0.1) is 5.92 Å². The zero-order valence-corrected chi connectivity index (χ0v) is 17.7. The van der Waals surface area contributed by atoms with E-state index in [1.165, 1.54) is 0 Å². The number of carbonyl (C=O) groups is 1. The lowest BCUT2D eigenvalue weighted by Crippen LogP contribution is -2.47. The number of fused-ring (bicyclic) bond motifs is 1. The van der Waals surface area contributed by atoms with Crippen LogP contribution in [0.1, 0.15) is 47.5 Å². The van der Waals surface area contributed by atoms with E-state index in [0.29, 0.717) is 12.5 Å². The van der Waals surface area contributed by atoms with Crippen molar-refractivity contribution in [2.75, 3.05) is 24.5 Å². The van der Waals surface area contributed by atoms with Gasteiger partial charge >= 0.3 is 6.09 Å². The number of hydrogen-bond acceptors (Lipinski definition) is 5. The number of para-hydroxylation sites is 1. The largest absolute Gasteiger partial charge is 0.444 e. The smallest absolute Gasteiger partial charge is 0.410 e. The van der Waals surface area contributed by atoms with Crippen molar-refractivity contribution in [1.82, 2.24) is 14.9 Å². The molecular weight excluding hydrogens is 352 g/mol. The first kappa shape index (κ1) is 20.4. The Balaban J connectivity index is 1.74. The second-order valence-electron chi connectivity index (χ2n) is 8.90. The van der Waals surface area contributed by atoms with Crippen molar-refractivity contribution in [3.8, 4) is 0 Å². The van der Waals surface area contributed by atoms with E-state index in [9.17, 15) is 4.79 Å². The van der Waals surface area contributed by atoms with Gasteiger partial charge in [0.15, 0.2) is 0 Å². The zero-order valence-electron chi connectivity index (χ0n) is 17.7. The lowest BCUT2D eigenvalue weighted by Gasteiger charge is -2.38. The van der Waals surface area contributed by atoms with Crippen LogP contribution in [0.2, 0.25) is 0 Å². The summed E-state index contributed by atoms with van der Waals surface area (Å²) in [5, 5.41) is 1.08. The van der Waals surface area contributed by atoms with E-state index in [1.807, 2.05) is 57.7 Å². The van der Waals surface area contributed by atoms with Gasteiger partial charge in [0.05, 0.1) is 5.52 Å². The molecule has 1 aromatic heterocycles. The number of benzene rings is 1. The molecule has 1 unspecified atom stereocenters. The van der Waals surface area contributed by atoms with Crippen LogP contribution in [0.4, 0.5) is 10.6 Å². The minimum absolute atomic E-state index is 0.102. The van der Waals surface area contributed by atoms with Crippen LogP contribution in [0.3, 0.4) is 0 Å². The zero-order chi connectivity index (χ0) is 20.3. The third-order valence-corrected chi connectivity index (χ3v) is 5.05. The summed E-state index contributed by atoms with van der Waals surface area (Å²) < 4.78 is 5.62. The molecule has 2 heterocycles. The van der Waals surface area contributed by atoms with Crippen LogP contribution >= 0.6 is 0 Å². The molecule has 28 heavy (non-hydrogen) atoms. The maximum atomic E-state index is 12.7. The number of aromatic nitrogens is 2. The first-order chi connectivity index (χ1) is 13.2. The highest BCUT2D eigenvalue weighted by molar-refractivity contribution is 5.89. The summed E-state index contributed by atoms with van der Waals surface area (Å²) in [6, 6.07) is 8.23. The average molecular weight is 385 g/mol. The SMILES string of the molecule is CC(C)N(CC1CCCN(c2ncnc3ccccc23)C1)C(=O)OC(C)(C)C. The second kappa shape index (κ2) is 8.33. The molecule has 0 aliphatic carbocycles. The topological polar surface area (TPSA) is 58.6 Å². The van der Waals surface area contributed by atoms with E-state index in [1.54, 1.807) is 6.33 Å². The fraction of sp³-hybridized carbons (Fsp3) is 0.591. The molecule has 0 N–H and O–H groups in total. The summed E-state index contributed by atoms with van der Waals surface area (Å²) in [5.74, 6) is 1.38. The van der Waals surface area contributed by atoms with Crippen molar-refractivity contribution in [2.24, 2.45) is 5.92 Å². The van der Waals surface area contributed by atoms with Gasteiger partial charge in [-0.3, -0.25) is 0 Å². The molecular formula is C22H32N4O2. The molecule has 0 saturated carbocycles. The molecule has 1 fully saturated rings. The van der Waals surface area contributed by atoms with E-state index >= 15 is 0 Å². The third kappa shape index (κ3) is 4.91. The number of amides is 1. The van der Waals surface area contributed by atoms with Crippen molar-refractivity contribution in [3.63, 3.8) is 0 Å². The van der Waals surface area contributed by atoms with Gasteiger partial charge < -0.3 is 14.5 Å². The molecule has 1 aromatic carbocycles. The van der Waals surface area contributed by atoms with E-state index in [4.69, 9.17) is 4.74 Å². The fourth-order valence-electron chi connectivity index (χ4n) is 3.74. The Kier molecular flexibility index (Phi) is 6.06. The molecule has 1 aliphatic rings. The number of carbonyl (C=O) groups excluding carboxylic acids is 1. The quantitative estimate of drug-likeness (QED) is 0.777. The van der Waals surface area contributed by atoms with E-state index in [2.05, 4.69) is 20.9 Å². The summed E-state index contributed by atoms with van der Waals surface area (Å²) >= 11 is 0. The molecule has 0 bridgehead atoms. The number of rotatable bonds is 4. The molecule has 0 radical (unpaired) electrons. The summed E-state index contributed by atoms with van der Waals surface area (Å²) in [5.41, 5.74) is 0.482. The van der Waals surface area contributed by atoms with Crippen LogP contribution in [-0.4, -0.2) is 52.2 Å². The van der Waals surface area contributed by atoms with Crippen molar-refractivity contribution in [2.45, 2.75) is 59.1 Å². The van der Waals surface area contributed by atoms with Gasteiger partial charge in [-0.25, -0.2) is 14.8 Å². The number of piperidine rings is 1. The van der Waals surface area contributed by atoms with Crippen molar-refractivity contribution < 1.29 is 9.53 Å². The lowest BCUT2D eigenvalue weighted by atomic mass is 9.96. The summed E-state index contributed by atoms with van der Waals surface area (Å²) in [6.45, 7) is 12.4. The normalized spacial score (nSPS) is 17.8. The molecule has 1 amide bonds. The molecule has 1 atom stereocenters. The van der Waals surface area contributed by atoms with Crippen molar-refractivity contribution in [1.29, 1.82) is 0 Å². The highest BCUT2D eigenvalue weighted by Crippen LogP contribution is 2.28. The minimum atomic E-state index is -0.483. The fourth-order valence-corrected chi connectivity index (χ4v) is 3.74. The predicted octanol–water partition coefficient (Wildman–Crippen LogP) is 4.49. The Hall–Kier alpha value is -2.37. The molecule has 2 aromatic rings. The molecule has 0 spiro atoms. The molecule has 3 rings (SSSR count). The van der Waals surface area contributed by atoms with E-state index in [0.717, 1.165) is 42.7 Å². The van der Waals surface area contributed by atoms with Crippen LogP contribution < -0.4 is 4.90 Å². The van der Waals surface area contributed by atoms with Gasteiger partial charge in [-0.2, -0.15) is 0 Å². The Bertz CT molecular complexity index is 810. The van der Waals surface area contributed by atoms with Crippen LogP contribution in [0.5, 0.6) is 0 Å². The van der Waals surface area contributed by atoms with Gasteiger partial charge in [-0.1, -0.05) is 12.1 Å². The maximum Gasteiger partial charge on any atom is 0.410 e. The predicted molar refractivity (Wildman–Crippen MR) is 113 cm³/mol. The van der Waals surface area contributed by atoms with Crippen LogP contribution in [0.15, 0.2) is 30.6 Å². The number of anilines is 1. The molecule has 6 heteroatoms. The summed E-state index contributed by atoms with van der Waals surface area (Å²) in [6.07, 6.45) is 3.60. The number of ether oxygens (including phenoxy) is 1. The Morgan fingerprint density at radius 1 is 1.29 bits per heavy atom. The van der Waals surface area contributed by atoms with Gasteiger partial charge in [0, 0.05) is 31.1 Å². The van der Waals surface area contributed by atoms with Gasteiger partial charge in [-0.05, 0) is 65.5 Å². The standard InChI is InChI=1S/C22H32N4O2/c1-16(2)26(21(27)28-22(3,4)5)14-17-9-8-12-25(13-17)20-18-10-6-7-11-19(18)23-15-24-20/h6-7,10-11,15-17H,8-9,12-14H2,1-5H3. The summed E-state index contributed by atoms with van der Waals surface area (Å²) in [7, 11) is 0. The number of nitrogens with zero attached hydrogens (tertiary/aromatic N) is 4. The van der Waals surface area contributed by atoms with Crippen molar-refractivity contribution in [3.05, 3.63) is 30.6 Å². The third-order valence-electron chi connectivity index (χ3n) is 5.05. The van der Waals surface area contributed by atoms with Gasteiger partial charge in [0.1, 0.15) is 17.7 Å². The van der Waals surface area contributed by atoms with Gasteiger partial charge in [0.25, 0.3) is 0 Å². The highest BCUT2D eigenvalue weighted by atomic mass is 16.6. The molecule has 1 saturated heterocycles. The Morgan fingerprint density at radius 3 is 2.75 bits per heavy atom. The van der Waals surface area contributed by atoms with Crippen LogP contribution in [0.25, 0.3) is 10.9 Å². The van der Waals surface area contributed by atoms with E-state index < -0.39 is 5.60 Å². The van der Waals surface area contributed by atoms with Gasteiger partial charge in [0.2, 0.25) is 0 Å². The van der Waals surface area contributed by atoms with Crippen LogP contribution in [-0.2, 0) is 4.74 Å². The first-order valence-corrected chi connectivity index (χ1v) is 10.2. The molecule has 6 nitrogen and oxygen atoms in total. The van der Waals surface area contributed by atoms with Gasteiger partial charge in [-0.15, -0.1) is 0 Å². The van der Waals surface area contributed by atoms with Crippen molar-refractivity contribution >= 4 is 22.8 Å². The first-order valence-electron chi connectivity index (χ1n) is 10.2. The van der Waals surface area contributed by atoms with E-state index in [-0.39, 0.29) is 12.1 Å². The Morgan fingerprint density at radius 2 is 2.04 bits per heavy atom. The monoisotopic (exact) mass is 384 g/mol. The average Bonchev–Trinajstić information content (AvgIpc) is 2.64. The minimum Gasteiger partial charge on any atom is -0.444 e. The molecule has 1 aliphatic heterocycles. The maximum absolute atomic E-state index is 12.7. The number of hydrogen-bond donors (Lipinski definition) is 0. The Labute approximate surface area is 167 Å². The molecule has 152 valence electrons.